The molecule has 346 valence electrons. The molecule has 4 aliphatic rings. The van der Waals surface area contributed by atoms with Crippen LogP contribution in [-0.2, 0) is 38.3 Å². The Labute approximate surface area is 363 Å². The van der Waals surface area contributed by atoms with Crippen molar-refractivity contribution in [3.05, 3.63) is 0 Å². The predicted molar refractivity (Wildman–Crippen MR) is 239 cm³/mol. The van der Waals surface area contributed by atoms with E-state index < -0.39 is 75.9 Å². The van der Waals surface area contributed by atoms with Gasteiger partial charge in [-0.15, -0.1) is 0 Å². The Kier molecular flexibility index (Phi) is 21.7. The van der Waals surface area contributed by atoms with Crippen LogP contribution in [0, 0.1) is 29.1 Å². The molecule has 0 radical (unpaired) electrons. The van der Waals surface area contributed by atoms with Gasteiger partial charge in [-0.25, -0.2) is 8.42 Å². The summed E-state index contributed by atoms with van der Waals surface area (Å²) < 4.78 is 39.2. The number of aliphatic hydroxyl groups is 1. The third-order valence-electron chi connectivity index (χ3n) is 14.1. The lowest BCUT2D eigenvalue weighted by atomic mass is 9.43. The summed E-state index contributed by atoms with van der Waals surface area (Å²) in [6, 6.07) is -2.16. The molecule has 1 heterocycles. The van der Waals surface area contributed by atoms with Crippen molar-refractivity contribution in [2.45, 2.75) is 206 Å². The van der Waals surface area contributed by atoms with Crippen molar-refractivity contribution in [1.29, 1.82) is 0 Å². The molecule has 0 spiro atoms. The molecule has 10 atom stereocenters. The summed E-state index contributed by atoms with van der Waals surface area (Å²) in [4.78, 5) is 54.3. The largest absolute Gasteiger partial charge is 0.461 e. The van der Waals surface area contributed by atoms with Gasteiger partial charge in [0.1, 0.15) is 6.04 Å². The highest BCUT2D eigenvalue weighted by Gasteiger charge is 2.68. The van der Waals surface area contributed by atoms with Gasteiger partial charge >= 0.3 is 7.12 Å². The maximum Gasteiger partial charge on any atom is 0.461 e. The van der Waals surface area contributed by atoms with Crippen LogP contribution in [0.4, 0.5) is 0 Å². The minimum atomic E-state index is -3.58. The molecule has 3 saturated carbocycles. The van der Waals surface area contributed by atoms with Crippen LogP contribution in [0.15, 0.2) is 0 Å². The van der Waals surface area contributed by atoms with Crippen LogP contribution in [0.1, 0.15) is 170 Å². The monoisotopic (exact) mass is 867 g/mol. The maximum atomic E-state index is 13.8. The molecule has 0 unspecified atom stereocenters. The van der Waals surface area contributed by atoms with Gasteiger partial charge in [-0.2, -0.15) is 0 Å². The van der Waals surface area contributed by atoms with Crippen LogP contribution in [0.25, 0.3) is 0 Å². The van der Waals surface area contributed by atoms with Crippen molar-refractivity contribution in [3.8, 4) is 0 Å². The zero-order valence-corrected chi connectivity index (χ0v) is 39.1. The standard InChI is InChI=1S/C45H83BN4O9S/c1-8-9-10-11-12-13-14-15-16-17-20-25-60(56,57)30-34(22-24-48)43(55)50-41(33(4)51)38(53)26-31(2)42(54)49-36(21-18-19-23-47)37(52)27-32(3)46-58-40-29-35-28-39(44(35,5)6)45(40,7)59-46/h31-36,39-41,51H,8-30,47-48H2,1-7H3,(H,49,54)(H,50,55)/t31-,32-,33-,34-,35+,36+,39+,40-,41+,45+/m1/s1. The number of carbonyl (C=O) groups excluding carboxylic acids is 4. The Morgan fingerprint density at radius 2 is 1.40 bits per heavy atom. The average Bonchev–Trinajstić information content (AvgIpc) is 3.55. The summed E-state index contributed by atoms with van der Waals surface area (Å²) in [5, 5.41) is 16.0. The number of amides is 2. The zero-order valence-electron chi connectivity index (χ0n) is 38.3. The lowest BCUT2D eigenvalue weighted by Gasteiger charge is -2.64. The third-order valence-corrected chi connectivity index (χ3v) is 15.9. The van der Waals surface area contributed by atoms with E-state index >= 15 is 0 Å². The van der Waals surface area contributed by atoms with Crippen molar-refractivity contribution in [2.75, 3.05) is 24.6 Å². The molecule has 4 rings (SSSR count). The van der Waals surface area contributed by atoms with Crippen LogP contribution in [0.3, 0.4) is 0 Å². The molecule has 1 aliphatic heterocycles. The lowest BCUT2D eigenvalue weighted by Crippen LogP contribution is -2.65. The fourth-order valence-corrected chi connectivity index (χ4v) is 11.7. The molecular formula is C45H83BN4O9S. The number of nitrogens with two attached hydrogens (primary N) is 2. The summed E-state index contributed by atoms with van der Waals surface area (Å²) in [7, 11) is -4.11. The molecule has 1 saturated heterocycles. The number of nitrogens with one attached hydrogen (secondary N) is 2. The maximum absolute atomic E-state index is 13.8. The molecular weight excluding hydrogens is 783 g/mol. The molecule has 60 heavy (non-hydrogen) atoms. The van der Waals surface area contributed by atoms with E-state index in [1.165, 1.54) is 45.4 Å². The summed E-state index contributed by atoms with van der Waals surface area (Å²) in [5.41, 5.74) is 11.3. The van der Waals surface area contributed by atoms with Gasteiger partial charge < -0.3 is 36.5 Å². The van der Waals surface area contributed by atoms with E-state index in [-0.39, 0.29) is 54.7 Å². The van der Waals surface area contributed by atoms with Gasteiger partial charge in [0.25, 0.3) is 0 Å². The lowest BCUT2D eigenvalue weighted by molar-refractivity contribution is -0.199. The van der Waals surface area contributed by atoms with Crippen LogP contribution < -0.4 is 22.1 Å². The second-order valence-electron chi connectivity index (χ2n) is 19.6. The molecule has 2 amide bonds. The minimum absolute atomic E-state index is 0.00540. The molecule has 0 aromatic heterocycles. The number of unbranched alkanes of at least 4 members (excludes halogenated alkanes) is 11. The summed E-state index contributed by atoms with van der Waals surface area (Å²) in [6.07, 6.45) is 14.5. The Balaban J connectivity index is 1.51. The number of Topliss-reactive ketones (excluding diaryl/α,β-unsaturated/α-hetero) is 2. The first kappa shape index (κ1) is 52.4. The molecule has 3 aliphatic carbocycles. The Bertz CT molecular complexity index is 1480. The second kappa shape index (κ2) is 24.8. The van der Waals surface area contributed by atoms with Crippen LogP contribution in [-0.4, -0.2) is 98.5 Å². The molecule has 0 aromatic carbocycles. The number of hydrogen-bond donors (Lipinski definition) is 5. The number of ketones is 2. The molecule has 13 nitrogen and oxygen atoms in total. The van der Waals surface area contributed by atoms with E-state index in [2.05, 4.69) is 38.3 Å². The topological polar surface area (TPSA) is 217 Å². The van der Waals surface area contributed by atoms with Gasteiger partial charge in [0, 0.05) is 18.8 Å². The van der Waals surface area contributed by atoms with Gasteiger partial charge in [-0.05, 0) is 95.0 Å². The normalized spacial score (nSPS) is 25.0. The van der Waals surface area contributed by atoms with E-state index in [0.717, 1.165) is 38.5 Å². The van der Waals surface area contributed by atoms with E-state index in [0.29, 0.717) is 44.1 Å². The molecule has 15 heteroatoms. The van der Waals surface area contributed by atoms with E-state index in [4.69, 9.17) is 20.8 Å². The highest BCUT2D eigenvalue weighted by atomic mass is 32.2. The molecule has 7 N–H and O–H groups in total. The van der Waals surface area contributed by atoms with Crippen LogP contribution in [0.5, 0.6) is 0 Å². The summed E-state index contributed by atoms with van der Waals surface area (Å²) in [6.45, 7) is 14.3. The van der Waals surface area contributed by atoms with Crippen molar-refractivity contribution < 1.29 is 42.0 Å². The Morgan fingerprint density at radius 1 is 0.783 bits per heavy atom. The average molecular weight is 867 g/mol. The first-order valence-electron chi connectivity index (χ1n) is 23.6. The van der Waals surface area contributed by atoms with Gasteiger partial charge in [-0.1, -0.05) is 98.8 Å². The van der Waals surface area contributed by atoms with Gasteiger partial charge in [0.2, 0.25) is 11.8 Å². The van der Waals surface area contributed by atoms with Crippen molar-refractivity contribution in [3.63, 3.8) is 0 Å². The number of sulfone groups is 1. The fourth-order valence-electron chi connectivity index (χ4n) is 9.95. The first-order valence-corrected chi connectivity index (χ1v) is 25.4. The highest BCUT2D eigenvalue weighted by molar-refractivity contribution is 7.91. The first-order chi connectivity index (χ1) is 28.3. The highest BCUT2D eigenvalue weighted by Crippen LogP contribution is 2.66. The van der Waals surface area contributed by atoms with Crippen molar-refractivity contribution in [2.24, 2.45) is 40.6 Å². The predicted octanol–water partition coefficient (Wildman–Crippen LogP) is 5.83. The van der Waals surface area contributed by atoms with Gasteiger partial charge in [-0.3, -0.25) is 19.2 Å². The van der Waals surface area contributed by atoms with Crippen LogP contribution >= 0.6 is 0 Å². The van der Waals surface area contributed by atoms with Crippen molar-refractivity contribution in [1.82, 2.24) is 10.6 Å². The molecule has 4 fully saturated rings. The Morgan fingerprint density at radius 3 is 1.97 bits per heavy atom. The zero-order chi connectivity index (χ0) is 44.7. The minimum Gasteiger partial charge on any atom is -0.405 e. The molecule has 2 bridgehead atoms. The van der Waals surface area contributed by atoms with E-state index in [9.17, 15) is 32.7 Å². The van der Waals surface area contributed by atoms with E-state index in [1.54, 1.807) is 6.92 Å². The second-order valence-corrected chi connectivity index (χ2v) is 21.8. The van der Waals surface area contributed by atoms with Gasteiger partial charge in [0.05, 0.1) is 41.3 Å². The number of carbonyl (C=O) groups is 4. The Hall–Kier alpha value is -1.91. The summed E-state index contributed by atoms with van der Waals surface area (Å²) in [5.74, 6) is -3.46. The fraction of sp³-hybridized carbons (Fsp3) is 0.911. The van der Waals surface area contributed by atoms with Gasteiger partial charge in [0.15, 0.2) is 21.4 Å². The number of rotatable bonds is 32. The van der Waals surface area contributed by atoms with E-state index in [1.807, 2.05) is 6.92 Å². The summed E-state index contributed by atoms with van der Waals surface area (Å²) >= 11 is 0. The van der Waals surface area contributed by atoms with Crippen LogP contribution in [0.2, 0.25) is 5.82 Å². The molecule has 0 aromatic rings. The quantitative estimate of drug-likeness (QED) is 0.0401. The smallest absolute Gasteiger partial charge is 0.405 e. The number of aliphatic hydroxyl groups excluding tert-OH is 1. The SMILES string of the molecule is CCCCCCCCCCCCCS(=O)(=O)C[C@@H](CCN)C(=O)N[C@H](C(=O)C[C@@H](C)C(=O)N[C@@H](CCCCN)C(=O)C[C@@H](C)B1O[C@@H]2C[C@@H]3C[C@@H](C3(C)C)[C@]2(C)O1)[C@@H](C)O. The number of hydrogen-bond acceptors (Lipinski definition) is 11. The third kappa shape index (κ3) is 15.1. The van der Waals surface area contributed by atoms with Crippen molar-refractivity contribution >= 4 is 40.3 Å².